The van der Waals surface area contributed by atoms with Crippen LogP contribution in [0.3, 0.4) is 0 Å². The second-order valence-corrected chi connectivity index (χ2v) is 6.62. The first-order chi connectivity index (χ1) is 11.0. The normalized spacial score (nSPS) is 17.1. The van der Waals surface area contributed by atoms with Gasteiger partial charge in [-0.05, 0) is 43.2 Å². The maximum absolute atomic E-state index is 12.1. The third-order valence-electron chi connectivity index (χ3n) is 4.72. The van der Waals surface area contributed by atoms with Gasteiger partial charge in [-0.25, -0.2) is 4.98 Å². The molecule has 1 amide bonds. The molecule has 5 nitrogen and oxygen atoms in total. The van der Waals surface area contributed by atoms with Crippen molar-refractivity contribution in [3.05, 3.63) is 53.6 Å². The van der Waals surface area contributed by atoms with Gasteiger partial charge in [-0.2, -0.15) is 0 Å². The molecule has 4 rings (SSSR count). The summed E-state index contributed by atoms with van der Waals surface area (Å²) in [7, 11) is 0. The maximum Gasteiger partial charge on any atom is 0.234 e. The Morgan fingerprint density at radius 1 is 1.26 bits per heavy atom. The van der Waals surface area contributed by atoms with E-state index >= 15 is 0 Å². The zero-order valence-electron chi connectivity index (χ0n) is 13.3. The average molecular weight is 306 g/mol. The first-order valence-corrected chi connectivity index (χ1v) is 7.72. The third kappa shape index (κ3) is 2.04. The number of amides is 1. The highest BCUT2D eigenvalue weighted by Gasteiger charge is 2.38. The number of H-pyrrole nitrogens is 1. The van der Waals surface area contributed by atoms with E-state index in [4.69, 9.17) is 4.98 Å². The van der Waals surface area contributed by atoms with E-state index in [2.05, 4.69) is 22.2 Å². The number of hydrogen-bond donors (Lipinski definition) is 2. The number of carbonyl (C=O) groups excluding carboxylic acids is 1. The number of aromatic nitrogens is 3. The fourth-order valence-corrected chi connectivity index (χ4v) is 3.09. The van der Waals surface area contributed by atoms with Gasteiger partial charge in [-0.1, -0.05) is 13.0 Å². The van der Waals surface area contributed by atoms with Gasteiger partial charge < -0.3 is 10.3 Å². The Morgan fingerprint density at radius 3 is 2.83 bits per heavy atom. The van der Waals surface area contributed by atoms with Gasteiger partial charge in [-0.15, -0.1) is 0 Å². The van der Waals surface area contributed by atoms with Gasteiger partial charge in [0.2, 0.25) is 5.91 Å². The number of aromatic amines is 1. The topological polar surface area (TPSA) is 70.7 Å². The lowest BCUT2D eigenvalue weighted by Gasteiger charge is -2.14. The van der Waals surface area contributed by atoms with Gasteiger partial charge in [0.15, 0.2) is 0 Å². The predicted octanol–water partition coefficient (Wildman–Crippen LogP) is 3.34. The molecule has 3 aromatic rings. The summed E-state index contributed by atoms with van der Waals surface area (Å²) in [6, 6.07) is 7.97. The molecule has 5 heteroatoms. The van der Waals surface area contributed by atoms with Gasteiger partial charge in [-0.3, -0.25) is 9.78 Å². The van der Waals surface area contributed by atoms with Crippen LogP contribution in [-0.2, 0) is 10.2 Å². The van der Waals surface area contributed by atoms with E-state index in [0.29, 0.717) is 0 Å². The van der Waals surface area contributed by atoms with E-state index in [1.54, 1.807) is 6.20 Å². The van der Waals surface area contributed by atoms with Crippen molar-refractivity contribution in [3.63, 3.8) is 0 Å². The number of benzene rings is 1. The molecule has 3 heterocycles. The molecular formula is C18H18N4O. The minimum atomic E-state index is -0.510. The molecule has 116 valence electrons. The number of hydrogen-bond acceptors (Lipinski definition) is 3. The summed E-state index contributed by atoms with van der Waals surface area (Å²) in [5.41, 5.74) is 4.31. The average Bonchev–Trinajstić information content (AvgIpc) is 3.05. The van der Waals surface area contributed by atoms with Gasteiger partial charge >= 0.3 is 0 Å². The summed E-state index contributed by atoms with van der Waals surface area (Å²) in [6.45, 7) is 5.99. The third-order valence-corrected chi connectivity index (χ3v) is 4.72. The molecule has 0 fully saturated rings. The van der Waals surface area contributed by atoms with Crippen molar-refractivity contribution in [3.8, 4) is 0 Å². The number of carbonyl (C=O) groups is 1. The van der Waals surface area contributed by atoms with E-state index < -0.39 is 5.41 Å². The number of rotatable bonds is 2. The summed E-state index contributed by atoms with van der Waals surface area (Å²) in [5.74, 6) is 1.07. The van der Waals surface area contributed by atoms with Crippen LogP contribution in [0.2, 0.25) is 0 Å². The van der Waals surface area contributed by atoms with Crippen molar-refractivity contribution in [1.29, 1.82) is 0 Å². The summed E-state index contributed by atoms with van der Waals surface area (Å²) in [4.78, 5) is 24.3. The second-order valence-electron chi connectivity index (χ2n) is 6.62. The van der Waals surface area contributed by atoms with Crippen molar-refractivity contribution >= 4 is 22.6 Å². The molecule has 0 aliphatic carbocycles. The molecule has 0 spiro atoms. The van der Waals surface area contributed by atoms with Crippen LogP contribution >= 0.6 is 0 Å². The zero-order chi connectivity index (χ0) is 16.2. The summed E-state index contributed by atoms with van der Waals surface area (Å²) < 4.78 is 0. The standard InChI is InChI=1S/C18H18N4O/c1-10(11-5-4-6-19-9-11)16-20-14-7-12-13(8-15(14)21-16)22-17(23)18(12,2)3/h4-10H,1-3H3,(H,20,21)(H,22,23). The Morgan fingerprint density at radius 2 is 2.09 bits per heavy atom. The Hall–Kier alpha value is -2.69. The quantitative estimate of drug-likeness (QED) is 0.763. The Bertz CT molecular complexity index is 911. The monoisotopic (exact) mass is 306 g/mol. The van der Waals surface area contributed by atoms with Gasteiger partial charge in [0, 0.05) is 24.0 Å². The molecule has 1 aromatic carbocycles. The van der Waals surface area contributed by atoms with Crippen LogP contribution in [0.1, 0.15) is 43.6 Å². The van der Waals surface area contributed by atoms with Crippen LogP contribution in [0.15, 0.2) is 36.7 Å². The lowest BCUT2D eigenvalue weighted by molar-refractivity contribution is -0.119. The lowest BCUT2D eigenvalue weighted by atomic mass is 9.86. The first-order valence-electron chi connectivity index (χ1n) is 7.72. The van der Waals surface area contributed by atoms with Crippen molar-refractivity contribution in [2.75, 3.05) is 5.32 Å². The van der Waals surface area contributed by atoms with E-state index in [1.807, 2.05) is 44.3 Å². The fourth-order valence-electron chi connectivity index (χ4n) is 3.09. The van der Waals surface area contributed by atoms with Crippen LogP contribution in [0, 0.1) is 0 Å². The summed E-state index contributed by atoms with van der Waals surface area (Å²) in [6.07, 6.45) is 3.63. The van der Waals surface area contributed by atoms with E-state index in [1.165, 1.54) is 0 Å². The second kappa shape index (κ2) is 4.65. The summed E-state index contributed by atoms with van der Waals surface area (Å²) >= 11 is 0. The Kier molecular flexibility index (Phi) is 2.82. The summed E-state index contributed by atoms with van der Waals surface area (Å²) in [5, 5.41) is 2.95. The van der Waals surface area contributed by atoms with E-state index in [9.17, 15) is 4.79 Å². The maximum atomic E-state index is 12.1. The highest BCUT2D eigenvalue weighted by molar-refractivity contribution is 6.07. The number of pyridine rings is 1. The molecule has 2 N–H and O–H groups in total. The number of nitrogens with one attached hydrogen (secondary N) is 2. The van der Waals surface area contributed by atoms with E-state index in [-0.39, 0.29) is 11.8 Å². The molecule has 2 aromatic heterocycles. The van der Waals surface area contributed by atoms with Gasteiger partial charge in [0.1, 0.15) is 5.82 Å². The van der Waals surface area contributed by atoms with Crippen LogP contribution < -0.4 is 5.32 Å². The van der Waals surface area contributed by atoms with Gasteiger partial charge in [0.25, 0.3) is 0 Å². The van der Waals surface area contributed by atoms with Crippen molar-refractivity contribution in [2.45, 2.75) is 32.1 Å². The first kappa shape index (κ1) is 13.9. The highest BCUT2D eigenvalue weighted by atomic mass is 16.2. The molecule has 1 unspecified atom stereocenters. The largest absolute Gasteiger partial charge is 0.341 e. The minimum Gasteiger partial charge on any atom is -0.341 e. The van der Waals surface area contributed by atoms with Crippen molar-refractivity contribution in [1.82, 2.24) is 15.0 Å². The SMILES string of the molecule is CC(c1cccnc1)c1nc2cc3c(cc2[nH]1)C(C)(C)C(=O)N3. The number of anilines is 1. The molecule has 1 aliphatic heterocycles. The number of nitrogens with zero attached hydrogens (tertiary/aromatic N) is 2. The molecular weight excluding hydrogens is 288 g/mol. The molecule has 0 saturated heterocycles. The molecule has 23 heavy (non-hydrogen) atoms. The number of fused-ring (bicyclic) bond motifs is 2. The van der Waals surface area contributed by atoms with Crippen molar-refractivity contribution in [2.24, 2.45) is 0 Å². The molecule has 1 atom stereocenters. The van der Waals surface area contributed by atoms with Crippen LogP contribution in [0.5, 0.6) is 0 Å². The minimum absolute atomic E-state index is 0.0316. The van der Waals surface area contributed by atoms with Crippen molar-refractivity contribution < 1.29 is 4.79 Å². The molecule has 0 bridgehead atoms. The molecule has 1 aliphatic rings. The fraction of sp³-hybridized carbons (Fsp3) is 0.278. The number of imidazole rings is 1. The van der Waals surface area contributed by atoms with Crippen LogP contribution in [0.4, 0.5) is 5.69 Å². The molecule has 0 saturated carbocycles. The Balaban J connectivity index is 1.80. The zero-order valence-corrected chi connectivity index (χ0v) is 13.3. The Labute approximate surface area is 134 Å². The predicted molar refractivity (Wildman–Crippen MR) is 89.5 cm³/mol. The van der Waals surface area contributed by atoms with Crippen LogP contribution in [-0.4, -0.2) is 20.9 Å². The van der Waals surface area contributed by atoms with E-state index in [0.717, 1.165) is 33.7 Å². The molecule has 0 radical (unpaired) electrons. The highest BCUT2D eigenvalue weighted by Crippen LogP contribution is 2.39. The van der Waals surface area contributed by atoms with Crippen LogP contribution in [0.25, 0.3) is 11.0 Å². The smallest absolute Gasteiger partial charge is 0.234 e. The van der Waals surface area contributed by atoms with Gasteiger partial charge in [0.05, 0.1) is 16.4 Å². The lowest BCUT2D eigenvalue weighted by Crippen LogP contribution is -2.26.